The fourth-order valence-electron chi connectivity index (χ4n) is 0.719. The predicted octanol–water partition coefficient (Wildman–Crippen LogP) is 1.18. The smallest absolute Gasteiger partial charge is 0.219 e. The van der Waals surface area contributed by atoms with Gasteiger partial charge in [-0.2, -0.15) is 4.98 Å². The van der Waals surface area contributed by atoms with Crippen LogP contribution in [0.4, 0.5) is 5.82 Å². The summed E-state index contributed by atoms with van der Waals surface area (Å²) >= 11 is 1.54. The number of methoxy groups -OCH3 is 1. The molecule has 0 saturated carbocycles. The standard InChI is InChI=1S/C7H11N3OS/c1-3-12-7-9-5(8)4-6(10-7)11-2/h4H,3H2,1-2H3,(H2,8,9,10). The van der Waals surface area contributed by atoms with Crippen molar-refractivity contribution in [2.75, 3.05) is 18.6 Å². The van der Waals surface area contributed by atoms with Crippen LogP contribution < -0.4 is 10.5 Å². The van der Waals surface area contributed by atoms with Crippen molar-refractivity contribution in [3.05, 3.63) is 6.07 Å². The number of nitrogen functional groups attached to an aromatic ring is 1. The average molecular weight is 185 g/mol. The number of ether oxygens (including phenoxy) is 1. The Bertz CT molecular complexity index is 267. The molecule has 0 unspecified atom stereocenters. The number of rotatable bonds is 3. The lowest BCUT2D eigenvalue weighted by Gasteiger charge is -2.02. The van der Waals surface area contributed by atoms with Crippen molar-refractivity contribution in [1.82, 2.24) is 9.97 Å². The summed E-state index contributed by atoms with van der Waals surface area (Å²) in [7, 11) is 1.56. The van der Waals surface area contributed by atoms with Crippen molar-refractivity contribution in [2.45, 2.75) is 12.1 Å². The normalized spacial score (nSPS) is 9.83. The van der Waals surface area contributed by atoms with Crippen LogP contribution in [0.3, 0.4) is 0 Å². The third-order valence-corrected chi connectivity index (χ3v) is 1.91. The highest BCUT2D eigenvalue weighted by Crippen LogP contribution is 2.17. The molecule has 0 amide bonds. The molecule has 0 atom stereocenters. The van der Waals surface area contributed by atoms with Gasteiger partial charge in [-0.05, 0) is 5.75 Å². The second-order valence-corrected chi connectivity index (χ2v) is 3.28. The Labute approximate surface area is 75.5 Å². The average Bonchev–Trinajstić information content (AvgIpc) is 2.04. The first-order valence-electron chi connectivity index (χ1n) is 3.57. The number of hydrogen-bond donors (Lipinski definition) is 1. The minimum atomic E-state index is 0.442. The summed E-state index contributed by atoms with van der Waals surface area (Å²) in [5, 5.41) is 0.661. The molecule has 1 rings (SSSR count). The van der Waals surface area contributed by atoms with Crippen LogP contribution in [0.25, 0.3) is 0 Å². The zero-order chi connectivity index (χ0) is 8.97. The molecule has 0 spiro atoms. The van der Waals surface area contributed by atoms with E-state index in [0.717, 1.165) is 5.75 Å². The van der Waals surface area contributed by atoms with Crippen LogP contribution in [0.1, 0.15) is 6.92 Å². The van der Waals surface area contributed by atoms with Crippen molar-refractivity contribution in [1.29, 1.82) is 0 Å². The van der Waals surface area contributed by atoms with E-state index in [1.807, 2.05) is 6.92 Å². The summed E-state index contributed by atoms with van der Waals surface area (Å²) in [4.78, 5) is 8.11. The quantitative estimate of drug-likeness (QED) is 0.566. The monoisotopic (exact) mass is 185 g/mol. The van der Waals surface area contributed by atoms with Gasteiger partial charge in [0.05, 0.1) is 7.11 Å². The molecule has 66 valence electrons. The van der Waals surface area contributed by atoms with E-state index < -0.39 is 0 Å². The number of nitrogens with zero attached hydrogens (tertiary/aromatic N) is 2. The second kappa shape index (κ2) is 4.15. The van der Waals surface area contributed by atoms with Gasteiger partial charge >= 0.3 is 0 Å². The zero-order valence-corrected chi connectivity index (χ0v) is 7.89. The molecule has 0 aliphatic heterocycles. The maximum absolute atomic E-state index is 5.52. The van der Waals surface area contributed by atoms with Gasteiger partial charge in [0.2, 0.25) is 5.88 Å². The highest BCUT2D eigenvalue weighted by atomic mass is 32.2. The van der Waals surface area contributed by atoms with Gasteiger partial charge < -0.3 is 10.5 Å². The Morgan fingerprint density at radius 3 is 2.92 bits per heavy atom. The first kappa shape index (κ1) is 9.12. The van der Waals surface area contributed by atoms with E-state index >= 15 is 0 Å². The third kappa shape index (κ3) is 2.27. The summed E-state index contributed by atoms with van der Waals surface area (Å²) in [5.41, 5.74) is 5.52. The molecular formula is C7H11N3OS. The number of hydrogen-bond acceptors (Lipinski definition) is 5. The van der Waals surface area contributed by atoms with Gasteiger partial charge in [0, 0.05) is 6.07 Å². The van der Waals surface area contributed by atoms with E-state index in [-0.39, 0.29) is 0 Å². The van der Waals surface area contributed by atoms with Crippen molar-refractivity contribution in [2.24, 2.45) is 0 Å². The zero-order valence-electron chi connectivity index (χ0n) is 7.07. The molecule has 0 aliphatic carbocycles. The molecule has 0 bridgehead atoms. The molecule has 0 saturated heterocycles. The molecule has 2 N–H and O–H groups in total. The number of anilines is 1. The summed E-state index contributed by atoms with van der Waals surface area (Å²) in [6.07, 6.45) is 0. The van der Waals surface area contributed by atoms with Crippen LogP contribution in [0.15, 0.2) is 11.2 Å². The van der Waals surface area contributed by atoms with Gasteiger partial charge in [-0.3, -0.25) is 0 Å². The van der Waals surface area contributed by atoms with Crippen LogP contribution in [0, 0.1) is 0 Å². The predicted molar refractivity (Wildman–Crippen MR) is 49.4 cm³/mol. The van der Waals surface area contributed by atoms with Gasteiger partial charge in [-0.25, -0.2) is 4.98 Å². The van der Waals surface area contributed by atoms with Crippen LogP contribution in [0.5, 0.6) is 5.88 Å². The molecular weight excluding hydrogens is 174 g/mol. The third-order valence-electron chi connectivity index (χ3n) is 1.18. The molecule has 0 aromatic carbocycles. The fraction of sp³-hybridized carbons (Fsp3) is 0.429. The number of thioether (sulfide) groups is 1. The number of aromatic nitrogens is 2. The van der Waals surface area contributed by atoms with Gasteiger partial charge in [-0.15, -0.1) is 0 Å². The second-order valence-electron chi connectivity index (χ2n) is 2.05. The molecule has 0 fully saturated rings. The summed E-state index contributed by atoms with van der Waals surface area (Å²) in [6.45, 7) is 2.03. The molecule has 1 aromatic rings. The lowest BCUT2D eigenvalue weighted by Crippen LogP contribution is -1.97. The van der Waals surface area contributed by atoms with E-state index in [1.165, 1.54) is 11.8 Å². The highest BCUT2D eigenvalue weighted by molar-refractivity contribution is 7.99. The van der Waals surface area contributed by atoms with E-state index in [1.54, 1.807) is 13.2 Å². The summed E-state index contributed by atoms with van der Waals surface area (Å²) in [5.74, 6) is 1.88. The van der Waals surface area contributed by atoms with Crippen molar-refractivity contribution >= 4 is 17.6 Å². The van der Waals surface area contributed by atoms with Crippen LogP contribution in [-0.2, 0) is 0 Å². The molecule has 0 radical (unpaired) electrons. The lowest BCUT2D eigenvalue weighted by molar-refractivity contribution is 0.393. The first-order chi connectivity index (χ1) is 5.76. The summed E-state index contributed by atoms with van der Waals surface area (Å²) < 4.78 is 4.94. The lowest BCUT2D eigenvalue weighted by atomic mass is 10.6. The SMILES string of the molecule is CCSc1nc(N)cc(OC)n1. The van der Waals surface area contributed by atoms with E-state index in [4.69, 9.17) is 10.5 Å². The fourth-order valence-corrected chi connectivity index (χ4v) is 1.30. The van der Waals surface area contributed by atoms with E-state index in [9.17, 15) is 0 Å². The molecule has 5 heteroatoms. The topological polar surface area (TPSA) is 61.0 Å². The van der Waals surface area contributed by atoms with Crippen LogP contribution in [-0.4, -0.2) is 22.8 Å². The Hall–Kier alpha value is -0.970. The van der Waals surface area contributed by atoms with Crippen molar-refractivity contribution in [3.8, 4) is 5.88 Å². The Morgan fingerprint density at radius 1 is 1.58 bits per heavy atom. The molecule has 1 heterocycles. The van der Waals surface area contributed by atoms with Crippen LogP contribution >= 0.6 is 11.8 Å². The Morgan fingerprint density at radius 2 is 2.33 bits per heavy atom. The van der Waals surface area contributed by atoms with E-state index in [2.05, 4.69) is 9.97 Å². The van der Waals surface area contributed by atoms with Gasteiger partial charge in [0.25, 0.3) is 0 Å². The molecule has 12 heavy (non-hydrogen) atoms. The largest absolute Gasteiger partial charge is 0.481 e. The minimum absolute atomic E-state index is 0.442. The van der Waals surface area contributed by atoms with Crippen LogP contribution in [0.2, 0.25) is 0 Å². The molecule has 1 aromatic heterocycles. The van der Waals surface area contributed by atoms with Gasteiger partial charge in [-0.1, -0.05) is 18.7 Å². The summed E-state index contributed by atoms with van der Waals surface area (Å²) in [6, 6.07) is 1.60. The Balaban J connectivity index is 2.90. The Kier molecular flexibility index (Phi) is 3.16. The molecule has 0 aliphatic rings. The minimum Gasteiger partial charge on any atom is -0.481 e. The van der Waals surface area contributed by atoms with Crippen molar-refractivity contribution < 1.29 is 4.74 Å². The van der Waals surface area contributed by atoms with Gasteiger partial charge in [0.15, 0.2) is 5.16 Å². The van der Waals surface area contributed by atoms with Crippen molar-refractivity contribution in [3.63, 3.8) is 0 Å². The first-order valence-corrected chi connectivity index (χ1v) is 4.56. The maximum atomic E-state index is 5.52. The molecule has 4 nitrogen and oxygen atoms in total. The maximum Gasteiger partial charge on any atom is 0.219 e. The highest BCUT2D eigenvalue weighted by Gasteiger charge is 2.01. The number of nitrogens with two attached hydrogens (primary N) is 1. The van der Waals surface area contributed by atoms with Gasteiger partial charge in [0.1, 0.15) is 5.82 Å². The van der Waals surface area contributed by atoms with E-state index in [0.29, 0.717) is 16.9 Å².